The predicted molar refractivity (Wildman–Crippen MR) is 75.6 cm³/mol. The molecule has 0 bridgehead atoms. The molecule has 1 aromatic carbocycles. The van der Waals surface area contributed by atoms with E-state index in [1.807, 2.05) is 4.90 Å². The Hall–Kier alpha value is -1.55. The van der Waals surface area contributed by atoms with Crippen molar-refractivity contribution in [2.24, 2.45) is 5.73 Å². The second-order valence-corrected chi connectivity index (χ2v) is 5.29. The van der Waals surface area contributed by atoms with Crippen molar-refractivity contribution in [3.05, 3.63) is 28.8 Å². The van der Waals surface area contributed by atoms with Gasteiger partial charge >= 0.3 is 0 Å². The minimum absolute atomic E-state index is 0.132. The number of hydrogen-bond donors (Lipinski definition) is 1. The van der Waals surface area contributed by atoms with Crippen LogP contribution in [0.3, 0.4) is 0 Å². The van der Waals surface area contributed by atoms with Gasteiger partial charge in [-0.1, -0.05) is 24.4 Å². The van der Waals surface area contributed by atoms with Crippen LogP contribution in [-0.2, 0) is 4.79 Å². The number of carbonyl (C=O) groups excluding carboxylic acids is 2. The molecular formula is C14H17ClN2O2. The van der Waals surface area contributed by atoms with Crippen molar-refractivity contribution >= 4 is 29.5 Å². The molecule has 1 amide bonds. The predicted octanol–water partition coefficient (Wildman–Crippen LogP) is 2.39. The van der Waals surface area contributed by atoms with Crippen LogP contribution in [0.25, 0.3) is 0 Å². The Labute approximate surface area is 117 Å². The van der Waals surface area contributed by atoms with Crippen LogP contribution in [0.15, 0.2) is 18.2 Å². The molecular weight excluding hydrogens is 264 g/mol. The first-order valence-corrected chi connectivity index (χ1v) is 6.79. The summed E-state index contributed by atoms with van der Waals surface area (Å²) in [5, 5.41) is 0.510. The average molecular weight is 281 g/mol. The quantitative estimate of drug-likeness (QED) is 0.842. The second kappa shape index (κ2) is 6.06. The maximum atomic E-state index is 11.3. The smallest absolute Gasteiger partial charge is 0.236 e. The number of benzene rings is 1. The molecule has 19 heavy (non-hydrogen) atoms. The van der Waals surface area contributed by atoms with Gasteiger partial charge in [0.05, 0.1) is 6.54 Å². The summed E-state index contributed by atoms with van der Waals surface area (Å²) >= 11 is 5.90. The maximum absolute atomic E-state index is 11.3. The highest BCUT2D eigenvalue weighted by Gasteiger charge is 2.25. The minimum Gasteiger partial charge on any atom is -0.368 e. The van der Waals surface area contributed by atoms with Crippen LogP contribution in [0.1, 0.15) is 36.0 Å². The number of aldehydes is 1. The molecule has 0 atom stereocenters. The van der Waals surface area contributed by atoms with Gasteiger partial charge in [0.2, 0.25) is 5.91 Å². The number of carbonyl (C=O) groups is 2. The van der Waals surface area contributed by atoms with Crippen molar-refractivity contribution in [3.8, 4) is 0 Å². The molecule has 102 valence electrons. The normalized spacial score (nSPS) is 15.4. The number of amides is 1. The molecule has 1 fully saturated rings. The third-order valence-electron chi connectivity index (χ3n) is 3.52. The standard InChI is InChI=1S/C14H17ClN2O2/c15-11-5-6-13(10(7-11)9-18)17(8-14(16)19)12-3-1-2-4-12/h5-7,9,12H,1-4,8H2,(H2,16,19). The molecule has 0 aliphatic heterocycles. The van der Waals surface area contributed by atoms with Gasteiger partial charge in [-0.3, -0.25) is 9.59 Å². The van der Waals surface area contributed by atoms with Crippen molar-refractivity contribution in [3.63, 3.8) is 0 Å². The number of anilines is 1. The molecule has 1 aliphatic rings. The van der Waals surface area contributed by atoms with E-state index in [-0.39, 0.29) is 12.6 Å². The number of hydrogen-bond acceptors (Lipinski definition) is 3. The lowest BCUT2D eigenvalue weighted by atomic mass is 10.1. The van der Waals surface area contributed by atoms with Gasteiger partial charge < -0.3 is 10.6 Å². The summed E-state index contributed by atoms with van der Waals surface area (Å²) in [5.74, 6) is -0.390. The Morgan fingerprint density at radius 1 is 1.42 bits per heavy atom. The van der Waals surface area contributed by atoms with Crippen LogP contribution in [0, 0.1) is 0 Å². The third kappa shape index (κ3) is 3.26. The number of halogens is 1. The summed E-state index contributed by atoms with van der Waals surface area (Å²) in [6, 6.07) is 5.40. The lowest BCUT2D eigenvalue weighted by Crippen LogP contribution is -2.40. The van der Waals surface area contributed by atoms with Gasteiger partial charge in [-0.05, 0) is 31.0 Å². The lowest BCUT2D eigenvalue weighted by molar-refractivity contribution is -0.116. The highest BCUT2D eigenvalue weighted by molar-refractivity contribution is 6.31. The second-order valence-electron chi connectivity index (χ2n) is 4.85. The van der Waals surface area contributed by atoms with Crippen molar-refractivity contribution in [2.75, 3.05) is 11.4 Å². The summed E-state index contributed by atoms with van der Waals surface area (Å²) in [6.45, 7) is 0.132. The van der Waals surface area contributed by atoms with Gasteiger partial charge in [0, 0.05) is 22.3 Å². The molecule has 0 unspecified atom stereocenters. The van der Waals surface area contributed by atoms with Gasteiger partial charge in [0.1, 0.15) is 0 Å². The first kappa shape index (κ1) is 13.9. The van der Waals surface area contributed by atoms with E-state index < -0.39 is 5.91 Å². The molecule has 2 rings (SSSR count). The molecule has 1 aliphatic carbocycles. The zero-order chi connectivity index (χ0) is 13.8. The SMILES string of the molecule is NC(=O)CN(c1ccc(Cl)cc1C=O)C1CCCC1. The van der Waals surface area contributed by atoms with E-state index in [0.29, 0.717) is 10.6 Å². The van der Waals surface area contributed by atoms with Gasteiger partial charge in [-0.25, -0.2) is 0 Å². The highest BCUT2D eigenvalue weighted by Crippen LogP contribution is 2.31. The Morgan fingerprint density at radius 3 is 2.68 bits per heavy atom. The number of nitrogens with zero attached hydrogens (tertiary/aromatic N) is 1. The van der Waals surface area contributed by atoms with Crippen molar-refractivity contribution in [1.29, 1.82) is 0 Å². The molecule has 0 heterocycles. The minimum atomic E-state index is -0.390. The van der Waals surface area contributed by atoms with E-state index in [1.165, 1.54) is 0 Å². The Balaban J connectivity index is 2.36. The highest BCUT2D eigenvalue weighted by atomic mass is 35.5. The fourth-order valence-electron chi connectivity index (χ4n) is 2.68. The van der Waals surface area contributed by atoms with Crippen LogP contribution < -0.4 is 10.6 Å². The van der Waals surface area contributed by atoms with E-state index in [2.05, 4.69) is 0 Å². The molecule has 0 spiro atoms. The molecule has 2 N–H and O–H groups in total. The topological polar surface area (TPSA) is 63.4 Å². The fourth-order valence-corrected chi connectivity index (χ4v) is 2.86. The van der Waals surface area contributed by atoms with Crippen molar-refractivity contribution in [1.82, 2.24) is 0 Å². The lowest BCUT2D eigenvalue weighted by Gasteiger charge is -2.31. The summed E-state index contributed by atoms with van der Waals surface area (Å²) in [5.41, 5.74) is 6.57. The van der Waals surface area contributed by atoms with E-state index in [1.54, 1.807) is 18.2 Å². The summed E-state index contributed by atoms with van der Waals surface area (Å²) in [6.07, 6.45) is 5.10. The van der Waals surface area contributed by atoms with Gasteiger partial charge in [-0.2, -0.15) is 0 Å². The number of primary amides is 1. The van der Waals surface area contributed by atoms with Gasteiger partial charge in [-0.15, -0.1) is 0 Å². The van der Waals surface area contributed by atoms with Gasteiger partial charge in [0.25, 0.3) is 0 Å². The van der Waals surface area contributed by atoms with Crippen LogP contribution >= 0.6 is 11.6 Å². The zero-order valence-electron chi connectivity index (χ0n) is 10.6. The first-order chi connectivity index (χ1) is 9.11. The van der Waals surface area contributed by atoms with Crippen molar-refractivity contribution < 1.29 is 9.59 Å². The Kier molecular flexibility index (Phi) is 4.43. The van der Waals surface area contributed by atoms with Crippen LogP contribution in [0.5, 0.6) is 0 Å². The summed E-state index contributed by atoms with van der Waals surface area (Å²) in [4.78, 5) is 24.4. The van der Waals surface area contributed by atoms with E-state index in [0.717, 1.165) is 37.7 Å². The van der Waals surface area contributed by atoms with Crippen LogP contribution in [0.2, 0.25) is 5.02 Å². The Bertz CT molecular complexity index is 484. The van der Waals surface area contributed by atoms with E-state index in [4.69, 9.17) is 17.3 Å². The monoisotopic (exact) mass is 280 g/mol. The zero-order valence-corrected chi connectivity index (χ0v) is 11.4. The molecule has 5 heteroatoms. The molecule has 0 saturated heterocycles. The van der Waals surface area contributed by atoms with Crippen LogP contribution in [-0.4, -0.2) is 24.8 Å². The molecule has 4 nitrogen and oxygen atoms in total. The molecule has 1 saturated carbocycles. The Morgan fingerprint density at radius 2 is 2.11 bits per heavy atom. The van der Waals surface area contributed by atoms with Crippen LogP contribution in [0.4, 0.5) is 5.69 Å². The number of nitrogens with two attached hydrogens (primary N) is 1. The maximum Gasteiger partial charge on any atom is 0.236 e. The number of rotatable bonds is 5. The summed E-state index contributed by atoms with van der Waals surface area (Å²) < 4.78 is 0. The molecule has 1 aromatic rings. The largest absolute Gasteiger partial charge is 0.368 e. The average Bonchev–Trinajstić information content (AvgIpc) is 2.89. The fraction of sp³-hybridized carbons (Fsp3) is 0.429. The molecule has 0 aromatic heterocycles. The molecule has 0 radical (unpaired) electrons. The first-order valence-electron chi connectivity index (χ1n) is 6.41. The summed E-state index contributed by atoms with van der Waals surface area (Å²) in [7, 11) is 0. The van der Waals surface area contributed by atoms with E-state index in [9.17, 15) is 9.59 Å². The van der Waals surface area contributed by atoms with E-state index >= 15 is 0 Å². The third-order valence-corrected chi connectivity index (χ3v) is 3.75. The van der Waals surface area contributed by atoms with Crippen molar-refractivity contribution in [2.45, 2.75) is 31.7 Å². The van der Waals surface area contributed by atoms with Gasteiger partial charge in [0.15, 0.2) is 6.29 Å².